The minimum atomic E-state index is -0.372. The fourth-order valence-electron chi connectivity index (χ4n) is 5.03. The summed E-state index contributed by atoms with van der Waals surface area (Å²) in [4.78, 5) is 17.8. The van der Waals surface area contributed by atoms with Crippen molar-refractivity contribution >= 4 is 29.0 Å². The van der Waals surface area contributed by atoms with Crippen LogP contribution in [0.4, 0.5) is 21.6 Å². The predicted octanol–water partition coefficient (Wildman–Crippen LogP) is 5.47. The summed E-state index contributed by atoms with van der Waals surface area (Å²) < 4.78 is 13.8. The molecule has 7 heteroatoms. The molecular weight excluding hydrogens is 427 g/mol. The Hall–Kier alpha value is -4.00. The second-order valence-corrected chi connectivity index (χ2v) is 8.86. The Bertz CT molecular complexity index is 1320. The van der Waals surface area contributed by atoms with Crippen molar-refractivity contribution in [2.75, 3.05) is 28.2 Å². The van der Waals surface area contributed by atoms with Gasteiger partial charge >= 0.3 is 0 Å². The molecule has 0 saturated carbocycles. The Morgan fingerprint density at radius 2 is 1.94 bits per heavy atom. The van der Waals surface area contributed by atoms with Crippen LogP contribution in [0.3, 0.4) is 0 Å². The van der Waals surface area contributed by atoms with E-state index >= 15 is 0 Å². The number of hydrogen-bond donors (Lipinski definition) is 1. The summed E-state index contributed by atoms with van der Waals surface area (Å²) >= 11 is 0. The highest BCUT2D eigenvalue weighted by molar-refractivity contribution is 5.85. The number of halogens is 1. The summed E-state index contributed by atoms with van der Waals surface area (Å²) in [6.07, 6.45) is 9.59. The number of pyridine rings is 2. The molecule has 1 N–H and O–H groups in total. The molecule has 4 aliphatic heterocycles. The van der Waals surface area contributed by atoms with Crippen LogP contribution in [0.5, 0.6) is 0 Å². The molecule has 6 nitrogen and oxygen atoms in total. The average Bonchev–Trinajstić information content (AvgIpc) is 3.30. The summed E-state index contributed by atoms with van der Waals surface area (Å²) in [5.74, 6) is 1.26. The van der Waals surface area contributed by atoms with Crippen molar-refractivity contribution in [1.82, 2.24) is 9.97 Å². The van der Waals surface area contributed by atoms with E-state index in [-0.39, 0.29) is 5.82 Å². The third-order valence-electron chi connectivity index (χ3n) is 6.71. The molecular formula is C27H25FN6. The number of hydrogen-bond acceptors (Lipinski definition) is 6. The molecule has 0 amide bonds. The number of nitrogens with one attached hydrogen (secondary N) is 1. The van der Waals surface area contributed by atoms with Gasteiger partial charge in [-0.2, -0.15) is 0 Å². The van der Waals surface area contributed by atoms with Crippen molar-refractivity contribution in [3.63, 3.8) is 0 Å². The maximum Gasteiger partial charge on any atom is 0.158 e. The molecule has 2 bridgehead atoms. The van der Waals surface area contributed by atoms with E-state index in [2.05, 4.69) is 49.9 Å². The molecule has 0 unspecified atom stereocenters. The molecule has 2 aromatic heterocycles. The van der Waals surface area contributed by atoms with Gasteiger partial charge in [-0.15, -0.1) is 0 Å². The Morgan fingerprint density at radius 1 is 1.06 bits per heavy atom. The van der Waals surface area contributed by atoms with Crippen LogP contribution in [0.15, 0.2) is 78.5 Å². The van der Waals surface area contributed by atoms with Crippen molar-refractivity contribution in [3.05, 3.63) is 84.8 Å². The number of rotatable bonds is 5. The maximum absolute atomic E-state index is 13.8. The maximum atomic E-state index is 13.8. The fourth-order valence-corrected chi connectivity index (χ4v) is 5.03. The van der Waals surface area contributed by atoms with Gasteiger partial charge in [-0.25, -0.2) is 9.37 Å². The van der Waals surface area contributed by atoms with Crippen molar-refractivity contribution in [2.24, 2.45) is 4.99 Å². The molecule has 0 atom stereocenters. The van der Waals surface area contributed by atoms with Crippen molar-refractivity contribution in [3.8, 4) is 11.3 Å². The Morgan fingerprint density at radius 3 is 2.74 bits per heavy atom. The molecule has 0 spiro atoms. The molecule has 0 radical (unpaired) electrons. The van der Waals surface area contributed by atoms with Gasteiger partial charge in [0.1, 0.15) is 11.6 Å². The van der Waals surface area contributed by atoms with Crippen LogP contribution in [-0.4, -0.2) is 35.3 Å². The molecule has 0 aliphatic carbocycles. The van der Waals surface area contributed by atoms with Crippen LogP contribution >= 0.6 is 0 Å². The standard InChI is InChI=1S/C27H25FN6/c1-18(31-23-4-2-3-19(14-23)20-7-10-29-15-20)34-24-8-11-33(12-9-24)26-6-5-25(32-27(26)34)21-13-22(28)17-30-16-21/h2-6,10,13-17,24,31H,1,7-9,11-12H2. The Balaban J connectivity index is 1.35. The smallest absolute Gasteiger partial charge is 0.158 e. The number of aromatic nitrogens is 2. The van der Waals surface area contributed by atoms with Gasteiger partial charge in [0, 0.05) is 55.4 Å². The number of anilines is 3. The molecule has 34 heavy (non-hydrogen) atoms. The number of aliphatic imine (C=N–C) groups is 1. The van der Waals surface area contributed by atoms with Crippen molar-refractivity contribution in [1.29, 1.82) is 0 Å². The molecule has 4 aliphatic rings. The van der Waals surface area contributed by atoms with E-state index in [4.69, 9.17) is 4.98 Å². The molecule has 1 aromatic carbocycles. The first-order valence-corrected chi connectivity index (χ1v) is 11.6. The highest BCUT2D eigenvalue weighted by Crippen LogP contribution is 2.41. The van der Waals surface area contributed by atoms with Gasteiger partial charge in [-0.1, -0.05) is 18.7 Å². The predicted molar refractivity (Wildman–Crippen MR) is 135 cm³/mol. The minimum Gasteiger partial charge on any atom is -0.368 e. The van der Waals surface area contributed by atoms with Crippen LogP contribution in [0.25, 0.3) is 16.8 Å². The van der Waals surface area contributed by atoms with Crippen LogP contribution in [0.1, 0.15) is 24.8 Å². The SMILES string of the molecule is C=C(Nc1cccc(C2=CN=CC2)c1)N1c2nc(-c3cncc(F)c3)ccc2N2CCC1CC2. The first kappa shape index (κ1) is 20.6. The van der Waals surface area contributed by atoms with E-state index in [1.165, 1.54) is 17.8 Å². The highest BCUT2D eigenvalue weighted by Gasteiger charge is 2.35. The Kier molecular flexibility index (Phi) is 5.09. The van der Waals surface area contributed by atoms with E-state index in [9.17, 15) is 4.39 Å². The summed E-state index contributed by atoms with van der Waals surface area (Å²) in [6, 6.07) is 14.1. The summed E-state index contributed by atoms with van der Waals surface area (Å²) in [5.41, 5.74) is 5.77. The lowest BCUT2D eigenvalue weighted by molar-refractivity contribution is 0.500. The number of allylic oxidation sites excluding steroid dienone is 1. The molecule has 3 aromatic rings. The van der Waals surface area contributed by atoms with Gasteiger partial charge in [0.15, 0.2) is 5.82 Å². The number of benzene rings is 1. The third kappa shape index (κ3) is 3.73. The van der Waals surface area contributed by atoms with Crippen molar-refractivity contribution in [2.45, 2.75) is 25.3 Å². The summed E-state index contributed by atoms with van der Waals surface area (Å²) in [6.45, 7) is 6.38. The lowest BCUT2D eigenvalue weighted by Gasteiger charge is -2.34. The zero-order valence-electron chi connectivity index (χ0n) is 18.8. The van der Waals surface area contributed by atoms with Crippen molar-refractivity contribution < 1.29 is 4.39 Å². The topological polar surface area (TPSA) is 56.7 Å². The quantitative estimate of drug-likeness (QED) is 0.556. The monoisotopic (exact) mass is 452 g/mol. The van der Waals surface area contributed by atoms with Crippen LogP contribution in [-0.2, 0) is 0 Å². The molecule has 7 rings (SSSR count). The normalized spacial score (nSPS) is 16.9. The summed E-state index contributed by atoms with van der Waals surface area (Å²) in [5, 5.41) is 3.53. The van der Waals surface area contributed by atoms with Crippen LogP contribution < -0.4 is 15.1 Å². The van der Waals surface area contributed by atoms with Gasteiger partial charge in [0.05, 0.1) is 17.6 Å². The first-order chi connectivity index (χ1) is 16.7. The third-order valence-corrected chi connectivity index (χ3v) is 6.71. The number of nitrogens with zero attached hydrogens (tertiary/aromatic N) is 5. The van der Waals surface area contributed by atoms with E-state index in [1.807, 2.05) is 30.6 Å². The Labute approximate surface area is 198 Å². The fraction of sp³-hybridized carbons (Fsp3) is 0.222. The highest BCUT2D eigenvalue weighted by atomic mass is 19.1. The minimum absolute atomic E-state index is 0.292. The van der Waals surface area contributed by atoms with Gasteiger partial charge in [0.2, 0.25) is 0 Å². The molecule has 170 valence electrons. The van der Waals surface area contributed by atoms with Gasteiger partial charge in [-0.05, 0) is 54.3 Å². The van der Waals surface area contributed by atoms with E-state index in [1.54, 1.807) is 6.20 Å². The number of piperidine rings is 1. The molecule has 6 heterocycles. The van der Waals surface area contributed by atoms with E-state index < -0.39 is 0 Å². The second kappa shape index (κ2) is 8.41. The lowest BCUT2D eigenvalue weighted by atomic mass is 10.0. The van der Waals surface area contributed by atoms with Gasteiger partial charge in [-0.3, -0.25) is 9.98 Å². The van der Waals surface area contributed by atoms with Gasteiger partial charge < -0.3 is 15.1 Å². The summed E-state index contributed by atoms with van der Waals surface area (Å²) in [7, 11) is 0. The largest absolute Gasteiger partial charge is 0.368 e. The van der Waals surface area contributed by atoms with Crippen LogP contribution in [0.2, 0.25) is 0 Å². The van der Waals surface area contributed by atoms with Gasteiger partial charge in [0.25, 0.3) is 0 Å². The molecule has 1 fully saturated rings. The zero-order chi connectivity index (χ0) is 23.1. The first-order valence-electron chi connectivity index (χ1n) is 11.6. The average molecular weight is 453 g/mol. The van der Waals surface area contributed by atoms with E-state index in [0.29, 0.717) is 17.3 Å². The van der Waals surface area contributed by atoms with E-state index in [0.717, 1.165) is 60.9 Å². The zero-order valence-corrected chi connectivity index (χ0v) is 18.8. The van der Waals surface area contributed by atoms with Crippen LogP contribution in [0, 0.1) is 5.82 Å². The second-order valence-electron chi connectivity index (χ2n) is 8.86. The lowest BCUT2D eigenvalue weighted by Crippen LogP contribution is -2.41. The molecule has 1 saturated heterocycles. The number of fused-ring (bicyclic) bond motifs is 2.